The fraction of sp³-hybridized carbons (Fsp3) is 0.579. The van der Waals surface area contributed by atoms with Crippen molar-refractivity contribution in [2.75, 3.05) is 36.8 Å². The van der Waals surface area contributed by atoms with Crippen molar-refractivity contribution in [3.8, 4) is 0 Å². The normalized spacial score (nSPS) is 21.3. The van der Waals surface area contributed by atoms with Gasteiger partial charge in [0.25, 0.3) is 5.56 Å². The highest BCUT2D eigenvalue weighted by Gasteiger charge is 2.24. The predicted molar refractivity (Wildman–Crippen MR) is 105 cm³/mol. The van der Waals surface area contributed by atoms with Crippen LogP contribution < -0.4 is 16.2 Å². The fourth-order valence-corrected chi connectivity index (χ4v) is 4.07. The maximum atomic E-state index is 12.2. The molecule has 1 atom stereocenters. The van der Waals surface area contributed by atoms with Gasteiger partial charge in [-0.3, -0.25) is 14.7 Å². The summed E-state index contributed by atoms with van der Waals surface area (Å²) in [6.07, 6.45) is 9.30. The summed E-state index contributed by atoms with van der Waals surface area (Å²) in [6, 6.07) is 1.67. The van der Waals surface area contributed by atoms with Crippen LogP contribution >= 0.6 is 0 Å². The number of hydrogen-bond donors (Lipinski definition) is 2. The average Bonchev–Trinajstić information content (AvgIpc) is 2.70. The van der Waals surface area contributed by atoms with Crippen molar-refractivity contribution < 1.29 is 0 Å². The van der Waals surface area contributed by atoms with Crippen LogP contribution in [0.5, 0.6) is 0 Å². The van der Waals surface area contributed by atoms with E-state index in [4.69, 9.17) is 10.7 Å². The molecule has 8 heteroatoms. The first-order valence-electron chi connectivity index (χ1n) is 9.82. The second kappa shape index (κ2) is 8.04. The Morgan fingerprint density at radius 2 is 1.89 bits per heavy atom. The molecule has 2 aromatic heterocycles. The molecule has 0 bridgehead atoms. The smallest absolute Gasteiger partial charge is 0.252 e. The molecular formula is C19H27N7O. The number of aromatic nitrogens is 4. The van der Waals surface area contributed by atoms with E-state index in [9.17, 15) is 4.79 Å². The Balaban J connectivity index is 1.48. The van der Waals surface area contributed by atoms with E-state index in [1.807, 2.05) is 0 Å². The van der Waals surface area contributed by atoms with Gasteiger partial charge in [0, 0.05) is 56.1 Å². The van der Waals surface area contributed by atoms with E-state index in [0.29, 0.717) is 5.95 Å². The molecule has 3 N–H and O–H groups in total. The van der Waals surface area contributed by atoms with Crippen LogP contribution in [-0.4, -0.2) is 51.0 Å². The van der Waals surface area contributed by atoms with Gasteiger partial charge < -0.3 is 10.6 Å². The molecule has 0 saturated carbocycles. The van der Waals surface area contributed by atoms with Crippen LogP contribution in [0.25, 0.3) is 0 Å². The molecule has 0 amide bonds. The number of anilines is 2. The van der Waals surface area contributed by atoms with Gasteiger partial charge in [-0.2, -0.15) is 0 Å². The van der Waals surface area contributed by atoms with E-state index in [2.05, 4.69) is 24.8 Å². The van der Waals surface area contributed by atoms with Gasteiger partial charge in [-0.25, -0.2) is 15.0 Å². The van der Waals surface area contributed by atoms with Crippen LogP contribution in [0.4, 0.5) is 11.9 Å². The summed E-state index contributed by atoms with van der Waals surface area (Å²) in [6.45, 7) is 4.66. The van der Waals surface area contributed by atoms with E-state index >= 15 is 0 Å². The Kier molecular flexibility index (Phi) is 5.33. The predicted octanol–water partition coefficient (Wildman–Crippen LogP) is 1.51. The Hall–Kier alpha value is -2.48. The third-order valence-corrected chi connectivity index (χ3v) is 5.46. The number of likely N-dealkylation sites (tertiary alicyclic amines) is 1. The lowest BCUT2D eigenvalue weighted by Gasteiger charge is -2.33. The standard InChI is InChI=1S/C19H27N7O/c20-18-21-10-14(11-22-18)12-25-6-4-5-15(13-25)16-9-17(27)24-19(23-16)26-7-2-1-3-8-26/h9-11,15H,1-8,12-13H2,(H2,20,21,22)(H,23,24,27). The number of nitrogens with two attached hydrogens (primary N) is 1. The van der Waals surface area contributed by atoms with Crippen LogP contribution in [0.2, 0.25) is 0 Å². The van der Waals surface area contributed by atoms with Gasteiger partial charge in [-0.15, -0.1) is 0 Å². The zero-order valence-corrected chi connectivity index (χ0v) is 15.6. The Labute approximate surface area is 158 Å². The second-order valence-electron chi connectivity index (χ2n) is 7.57. The van der Waals surface area contributed by atoms with Gasteiger partial charge in [0.1, 0.15) is 0 Å². The van der Waals surface area contributed by atoms with Gasteiger partial charge in [-0.1, -0.05) is 0 Å². The SMILES string of the molecule is Nc1ncc(CN2CCCC(c3cc(=O)[nH]c(N4CCCCC4)n3)C2)cn1. The summed E-state index contributed by atoms with van der Waals surface area (Å²) in [4.78, 5) is 32.7. The number of rotatable bonds is 4. The molecule has 2 fully saturated rings. The molecule has 2 aliphatic heterocycles. The highest BCUT2D eigenvalue weighted by Crippen LogP contribution is 2.27. The van der Waals surface area contributed by atoms with Crippen molar-refractivity contribution in [2.24, 2.45) is 0 Å². The van der Waals surface area contributed by atoms with Crippen molar-refractivity contribution in [2.45, 2.75) is 44.6 Å². The van der Waals surface area contributed by atoms with Crippen molar-refractivity contribution in [1.82, 2.24) is 24.8 Å². The first-order valence-corrected chi connectivity index (χ1v) is 9.82. The average molecular weight is 369 g/mol. The number of nitrogen functional groups attached to an aromatic ring is 1. The summed E-state index contributed by atoms with van der Waals surface area (Å²) in [5.74, 6) is 1.31. The molecular weight excluding hydrogens is 342 g/mol. The largest absolute Gasteiger partial charge is 0.368 e. The number of nitrogens with one attached hydrogen (secondary N) is 1. The summed E-state index contributed by atoms with van der Waals surface area (Å²) < 4.78 is 0. The van der Waals surface area contributed by atoms with Crippen LogP contribution in [0.1, 0.15) is 49.3 Å². The Morgan fingerprint density at radius 3 is 2.67 bits per heavy atom. The van der Waals surface area contributed by atoms with E-state index in [-0.39, 0.29) is 11.5 Å². The number of hydrogen-bond acceptors (Lipinski definition) is 7. The number of H-pyrrole nitrogens is 1. The molecule has 0 aromatic carbocycles. The lowest BCUT2D eigenvalue weighted by molar-refractivity contribution is 0.198. The molecule has 2 aliphatic rings. The van der Waals surface area contributed by atoms with Gasteiger partial charge >= 0.3 is 0 Å². The van der Waals surface area contributed by atoms with Crippen molar-refractivity contribution in [1.29, 1.82) is 0 Å². The second-order valence-corrected chi connectivity index (χ2v) is 7.57. The van der Waals surface area contributed by atoms with E-state index < -0.39 is 0 Å². The third kappa shape index (κ3) is 4.44. The summed E-state index contributed by atoms with van der Waals surface area (Å²) >= 11 is 0. The third-order valence-electron chi connectivity index (χ3n) is 5.46. The number of nitrogens with zero attached hydrogens (tertiary/aromatic N) is 5. The topological polar surface area (TPSA) is 104 Å². The summed E-state index contributed by atoms with van der Waals surface area (Å²) in [5.41, 5.74) is 7.48. The molecule has 144 valence electrons. The fourth-order valence-electron chi connectivity index (χ4n) is 4.07. The quantitative estimate of drug-likeness (QED) is 0.842. The highest BCUT2D eigenvalue weighted by atomic mass is 16.1. The summed E-state index contributed by atoms with van der Waals surface area (Å²) in [5, 5.41) is 0. The molecule has 1 unspecified atom stereocenters. The van der Waals surface area contributed by atoms with Gasteiger partial charge in [0.05, 0.1) is 5.69 Å². The molecule has 0 spiro atoms. The molecule has 0 aliphatic carbocycles. The van der Waals surface area contributed by atoms with Gasteiger partial charge in [0.2, 0.25) is 11.9 Å². The van der Waals surface area contributed by atoms with E-state index in [1.54, 1.807) is 18.5 Å². The first kappa shape index (κ1) is 17.9. The lowest BCUT2D eigenvalue weighted by atomic mass is 9.94. The van der Waals surface area contributed by atoms with Crippen molar-refractivity contribution in [3.05, 3.63) is 40.1 Å². The molecule has 2 saturated heterocycles. The molecule has 4 heterocycles. The monoisotopic (exact) mass is 369 g/mol. The minimum atomic E-state index is -0.0513. The maximum absolute atomic E-state index is 12.2. The molecule has 8 nitrogen and oxygen atoms in total. The first-order chi connectivity index (χ1) is 13.2. The molecule has 4 rings (SSSR count). The molecule has 2 aromatic rings. The maximum Gasteiger partial charge on any atom is 0.252 e. The van der Waals surface area contributed by atoms with Gasteiger partial charge in [0.15, 0.2) is 0 Å². The Bertz CT molecular complexity index is 814. The number of piperidine rings is 2. The summed E-state index contributed by atoms with van der Waals surface area (Å²) in [7, 11) is 0. The van der Waals surface area contributed by atoms with Crippen molar-refractivity contribution in [3.63, 3.8) is 0 Å². The van der Waals surface area contributed by atoms with Gasteiger partial charge in [-0.05, 0) is 38.6 Å². The minimum Gasteiger partial charge on any atom is -0.368 e. The lowest BCUT2D eigenvalue weighted by Crippen LogP contribution is -2.36. The van der Waals surface area contributed by atoms with E-state index in [1.165, 1.54) is 6.42 Å². The Morgan fingerprint density at radius 1 is 1.11 bits per heavy atom. The highest BCUT2D eigenvalue weighted by molar-refractivity contribution is 5.31. The minimum absolute atomic E-state index is 0.0513. The molecule has 27 heavy (non-hydrogen) atoms. The zero-order valence-electron chi connectivity index (χ0n) is 15.6. The number of aromatic amines is 1. The van der Waals surface area contributed by atoms with Crippen LogP contribution in [-0.2, 0) is 6.54 Å². The zero-order chi connectivity index (χ0) is 18.6. The van der Waals surface area contributed by atoms with E-state index in [0.717, 1.165) is 75.6 Å². The van der Waals surface area contributed by atoms with Crippen molar-refractivity contribution >= 4 is 11.9 Å². The van der Waals surface area contributed by atoms with Crippen LogP contribution in [0.15, 0.2) is 23.3 Å². The van der Waals surface area contributed by atoms with Crippen LogP contribution in [0, 0.1) is 0 Å². The van der Waals surface area contributed by atoms with Crippen LogP contribution in [0.3, 0.4) is 0 Å². The molecule has 0 radical (unpaired) electrons.